The Morgan fingerprint density at radius 1 is 1.03 bits per heavy atom. The number of hydrogen-bond acceptors (Lipinski definition) is 5. The highest BCUT2D eigenvalue weighted by Crippen LogP contribution is 2.21. The molecule has 0 aliphatic carbocycles. The van der Waals surface area contributed by atoms with Crippen LogP contribution in [0.1, 0.15) is 70.7 Å². The smallest absolute Gasteiger partial charge is 0.230 e. The highest BCUT2D eigenvalue weighted by atomic mass is 32.2. The lowest BCUT2D eigenvalue weighted by Crippen LogP contribution is -2.34. The minimum atomic E-state index is 0.0684. The quantitative estimate of drug-likeness (QED) is 0.467. The van der Waals surface area contributed by atoms with Gasteiger partial charge in [0.1, 0.15) is 5.82 Å². The number of piperidine rings is 1. The van der Waals surface area contributed by atoms with Gasteiger partial charge in [-0.05, 0) is 50.8 Å². The van der Waals surface area contributed by atoms with E-state index in [0.29, 0.717) is 11.7 Å². The van der Waals surface area contributed by atoms with E-state index in [1.54, 1.807) is 0 Å². The molecular formula is C25H39N5OS. The standard InChI is InChI=1S/C25H39N5OS/c1-20(2)11-10-12-21(3)26-24(31)19-32-25-28-27-23(18-29-15-8-5-9-16-29)30(25)17-22-13-6-4-7-14-22/h4,6-7,13-14,20-21H,5,8-12,15-19H2,1-3H3,(H,26,31). The van der Waals surface area contributed by atoms with Gasteiger partial charge in [-0.25, -0.2) is 0 Å². The number of nitrogens with zero attached hydrogens (tertiary/aromatic N) is 4. The number of nitrogens with one attached hydrogen (secondary N) is 1. The molecule has 3 rings (SSSR count). The van der Waals surface area contributed by atoms with Crippen molar-refractivity contribution in [3.8, 4) is 0 Å². The van der Waals surface area contributed by atoms with Crippen LogP contribution in [0.25, 0.3) is 0 Å². The molecule has 0 spiro atoms. The molecule has 1 fully saturated rings. The van der Waals surface area contributed by atoms with Crippen LogP contribution in [0.3, 0.4) is 0 Å². The zero-order valence-corrected chi connectivity index (χ0v) is 20.7. The Bertz CT molecular complexity index is 817. The van der Waals surface area contributed by atoms with Crippen molar-refractivity contribution < 1.29 is 4.79 Å². The Labute approximate surface area is 197 Å². The number of likely N-dealkylation sites (tertiary alicyclic amines) is 1. The van der Waals surface area contributed by atoms with Crippen molar-refractivity contribution in [2.45, 2.75) is 83.6 Å². The summed E-state index contributed by atoms with van der Waals surface area (Å²) in [5.41, 5.74) is 1.22. The average Bonchev–Trinajstić information content (AvgIpc) is 3.14. The molecule has 1 N–H and O–H groups in total. The van der Waals surface area contributed by atoms with Crippen LogP contribution in [-0.4, -0.2) is 50.5 Å². The Morgan fingerprint density at radius 2 is 1.78 bits per heavy atom. The first-order valence-corrected chi connectivity index (χ1v) is 13.1. The van der Waals surface area contributed by atoms with Gasteiger partial charge in [0.05, 0.1) is 18.8 Å². The lowest BCUT2D eigenvalue weighted by atomic mass is 10.0. The van der Waals surface area contributed by atoms with E-state index in [2.05, 4.69) is 70.0 Å². The van der Waals surface area contributed by atoms with Crippen LogP contribution in [0.2, 0.25) is 0 Å². The summed E-state index contributed by atoms with van der Waals surface area (Å²) in [4.78, 5) is 15.0. The molecule has 2 aromatic rings. The lowest BCUT2D eigenvalue weighted by Gasteiger charge is -2.26. The van der Waals surface area contributed by atoms with E-state index >= 15 is 0 Å². The first-order chi connectivity index (χ1) is 15.5. The van der Waals surface area contributed by atoms with E-state index in [1.807, 2.05) is 6.07 Å². The first kappa shape index (κ1) is 24.8. The molecule has 1 unspecified atom stereocenters. The third-order valence-corrected chi connectivity index (χ3v) is 6.92. The highest BCUT2D eigenvalue weighted by Gasteiger charge is 2.19. The average molecular weight is 458 g/mol. The van der Waals surface area contributed by atoms with Gasteiger partial charge in [0, 0.05) is 6.04 Å². The molecule has 176 valence electrons. The maximum atomic E-state index is 12.5. The number of carbonyl (C=O) groups excluding carboxylic acids is 1. The summed E-state index contributed by atoms with van der Waals surface area (Å²) < 4.78 is 2.19. The second-order valence-corrected chi connectivity index (χ2v) is 10.3. The fourth-order valence-electron chi connectivity index (χ4n) is 4.14. The second-order valence-electron chi connectivity index (χ2n) is 9.39. The minimum absolute atomic E-state index is 0.0684. The second kappa shape index (κ2) is 13.0. The van der Waals surface area contributed by atoms with Crippen LogP contribution >= 0.6 is 11.8 Å². The molecule has 6 nitrogen and oxygen atoms in total. The number of thioether (sulfide) groups is 1. The van der Waals surface area contributed by atoms with E-state index < -0.39 is 0 Å². The van der Waals surface area contributed by atoms with Gasteiger partial charge in [-0.1, -0.05) is 75.2 Å². The van der Waals surface area contributed by atoms with Crippen molar-refractivity contribution in [3.63, 3.8) is 0 Å². The van der Waals surface area contributed by atoms with Gasteiger partial charge in [0.15, 0.2) is 5.16 Å². The number of benzene rings is 1. The summed E-state index contributed by atoms with van der Waals surface area (Å²) in [6.45, 7) is 10.4. The summed E-state index contributed by atoms with van der Waals surface area (Å²) in [5, 5.41) is 13.0. The van der Waals surface area contributed by atoms with Crippen molar-refractivity contribution in [2.75, 3.05) is 18.8 Å². The van der Waals surface area contributed by atoms with E-state index in [-0.39, 0.29) is 11.9 Å². The third-order valence-electron chi connectivity index (χ3n) is 5.95. The molecule has 1 aliphatic rings. The predicted molar refractivity (Wildman–Crippen MR) is 132 cm³/mol. The van der Waals surface area contributed by atoms with Gasteiger partial charge in [0.2, 0.25) is 5.91 Å². The molecule has 0 radical (unpaired) electrons. The number of aromatic nitrogens is 3. The van der Waals surface area contributed by atoms with Crippen molar-refractivity contribution in [3.05, 3.63) is 41.7 Å². The summed E-state index contributed by atoms with van der Waals surface area (Å²) >= 11 is 1.49. The molecule has 1 aromatic heterocycles. The highest BCUT2D eigenvalue weighted by molar-refractivity contribution is 7.99. The van der Waals surface area contributed by atoms with Crippen molar-refractivity contribution in [1.82, 2.24) is 25.0 Å². The number of amides is 1. The lowest BCUT2D eigenvalue weighted by molar-refractivity contribution is -0.119. The monoisotopic (exact) mass is 457 g/mol. The Balaban J connectivity index is 1.60. The van der Waals surface area contributed by atoms with Gasteiger partial charge in [-0.3, -0.25) is 9.69 Å². The number of hydrogen-bond donors (Lipinski definition) is 1. The van der Waals surface area contributed by atoms with E-state index in [1.165, 1.54) is 43.0 Å². The molecule has 1 amide bonds. The van der Waals surface area contributed by atoms with E-state index in [0.717, 1.165) is 50.0 Å². The van der Waals surface area contributed by atoms with Crippen molar-refractivity contribution in [1.29, 1.82) is 0 Å². The summed E-state index contributed by atoms with van der Waals surface area (Å²) in [5.74, 6) is 2.13. The zero-order chi connectivity index (χ0) is 22.8. The van der Waals surface area contributed by atoms with E-state index in [4.69, 9.17) is 0 Å². The van der Waals surface area contributed by atoms with Crippen LogP contribution in [0.4, 0.5) is 0 Å². The van der Waals surface area contributed by atoms with Crippen LogP contribution in [0.5, 0.6) is 0 Å². The Kier molecular flexibility index (Phi) is 10.1. The first-order valence-electron chi connectivity index (χ1n) is 12.1. The van der Waals surface area contributed by atoms with Crippen LogP contribution in [0.15, 0.2) is 35.5 Å². The summed E-state index contributed by atoms with van der Waals surface area (Å²) in [6.07, 6.45) is 7.21. The molecule has 0 bridgehead atoms. The van der Waals surface area contributed by atoms with Crippen LogP contribution in [-0.2, 0) is 17.9 Å². The Hall–Kier alpha value is -1.86. The molecule has 1 saturated heterocycles. The minimum Gasteiger partial charge on any atom is -0.353 e. The molecule has 1 atom stereocenters. The van der Waals surface area contributed by atoms with E-state index in [9.17, 15) is 4.79 Å². The number of carbonyl (C=O) groups is 1. The largest absolute Gasteiger partial charge is 0.353 e. The van der Waals surface area contributed by atoms with Gasteiger partial charge in [0.25, 0.3) is 0 Å². The van der Waals surface area contributed by atoms with Crippen LogP contribution in [0, 0.1) is 5.92 Å². The maximum absolute atomic E-state index is 12.5. The molecule has 0 saturated carbocycles. The molecule has 2 heterocycles. The Morgan fingerprint density at radius 3 is 2.50 bits per heavy atom. The maximum Gasteiger partial charge on any atom is 0.230 e. The molecule has 1 aliphatic heterocycles. The molecular weight excluding hydrogens is 418 g/mol. The van der Waals surface area contributed by atoms with Gasteiger partial charge in [-0.15, -0.1) is 10.2 Å². The topological polar surface area (TPSA) is 63.1 Å². The molecule has 32 heavy (non-hydrogen) atoms. The number of rotatable bonds is 12. The SMILES string of the molecule is CC(C)CCCC(C)NC(=O)CSc1nnc(CN2CCCCC2)n1Cc1ccccc1. The van der Waals surface area contributed by atoms with Crippen molar-refractivity contribution >= 4 is 17.7 Å². The van der Waals surface area contributed by atoms with Gasteiger partial charge >= 0.3 is 0 Å². The van der Waals surface area contributed by atoms with Crippen molar-refractivity contribution in [2.24, 2.45) is 5.92 Å². The molecule has 1 aromatic carbocycles. The fraction of sp³-hybridized carbons (Fsp3) is 0.640. The zero-order valence-electron chi connectivity index (χ0n) is 19.9. The summed E-state index contributed by atoms with van der Waals surface area (Å²) in [6, 6.07) is 10.6. The molecule has 7 heteroatoms. The van der Waals surface area contributed by atoms with Gasteiger partial charge in [-0.2, -0.15) is 0 Å². The van der Waals surface area contributed by atoms with Gasteiger partial charge < -0.3 is 9.88 Å². The van der Waals surface area contributed by atoms with Crippen LogP contribution < -0.4 is 5.32 Å². The fourth-order valence-corrected chi connectivity index (χ4v) is 4.90. The normalized spacial score (nSPS) is 15.8. The predicted octanol–water partition coefficient (Wildman–Crippen LogP) is 4.74. The summed E-state index contributed by atoms with van der Waals surface area (Å²) in [7, 11) is 0. The third kappa shape index (κ3) is 8.24.